The van der Waals surface area contributed by atoms with Gasteiger partial charge in [0.05, 0.1) is 25.9 Å². The first kappa shape index (κ1) is 15.4. The summed E-state index contributed by atoms with van der Waals surface area (Å²) < 4.78 is 22.7. The first-order valence-electron chi connectivity index (χ1n) is 5.87. The monoisotopic (exact) mass is 271 g/mol. The number of carbonyl (C=O) groups excluding carboxylic acids is 1. The molecule has 1 atom stereocenters. The molecule has 19 heavy (non-hydrogen) atoms. The number of nitrogens with one attached hydrogen (secondary N) is 1. The smallest absolute Gasteiger partial charge is 0.163 e. The van der Waals surface area contributed by atoms with Crippen LogP contribution in [-0.2, 0) is 0 Å². The van der Waals surface area contributed by atoms with Crippen LogP contribution in [0.25, 0.3) is 0 Å². The van der Waals surface area contributed by atoms with Crippen molar-refractivity contribution < 1.29 is 23.8 Å². The fourth-order valence-electron chi connectivity index (χ4n) is 1.60. The van der Waals surface area contributed by atoms with Crippen LogP contribution in [-0.4, -0.2) is 44.8 Å². The third kappa shape index (κ3) is 4.50. The van der Waals surface area contributed by atoms with Gasteiger partial charge in [-0.05, 0) is 19.0 Å². The zero-order valence-electron chi connectivity index (χ0n) is 11.0. The summed E-state index contributed by atoms with van der Waals surface area (Å²) in [5.74, 6) is -0.00995. The summed E-state index contributed by atoms with van der Waals surface area (Å²) >= 11 is 0. The van der Waals surface area contributed by atoms with Gasteiger partial charge in [-0.1, -0.05) is 0 Å². The predicted molar refractivity (Wildman–Crippen MR) is 68.4 cm³/mol. The van der Waals surface area contributed by atoms with E-state index in [9.17, 15) is 9.18 Å². The van der Waals surface area contributed by atoms with E-state index in [1.54, 1.807) is 0 Å². The Bertz CT molecular complexity index is 419. The normalized spacial score (nSPS) is 17.4. The van der Waals surface area contributed by atoms with Gasteiger partial charge >= 0.3 is 0 Å². The fraction of sp³-hybridized carbons (Fsp3) is 0.462. The Morgan fingerprint density at radius 2 is 2.00 bits per heavy atom. The number of β-amino-alcohol motifs (C(OH)–C–C–N with tert-alkyl or cyclic N) is 1. The van der Waals surface area contributed by atoms with E-state index in [1.807, 2.05) is 0 Å². The lowest BCUT2D eigenvalue weighted by Gasteiger charge is -2.07. The number of rotatable bonds is 3. The second-order valence-electron chi connectivity index (χ2n) is 3.99. The van der Waals surface area contributed by atoms with Gasteiger partial charge in [0.1, 0.15) is 5.82 Å². The topological polar surface area (TPSA) is 67.8 Å². The van der Waals surface area contributed by atoms with Crippen LogP contribution in [0.1, 0.15) is 16.8 Å². The SMILES string of the molecule is COc1cc(F)c(C=O)cc1OC.OC1CCNC1. The highest BCUT2D eigenvalue weighted by atomic mass is 19.1. The molecule has 1 saturated heterocycles. The number of aliphatic hydroxyl groups is 1. The average molecular weight is 271 g/mol. The molecule has 2 N–H and O–H groups in total. The standard InChI is InChI=1S/C9H9FO3.C4H9NO/c1-12-8-3-6(5-11)7(10)4-9(8)13-2;6-4-1-2-5-3-4/h3-5H,1-2H3;4-6H,1-3H2. The summed E-state index contributed by atoms with van der Waals surface area (Å²) in [7, 11) is 2.82. The molecular weight excluding hydrogens is 253 g/mol. The van der Waals surface area contributed by atoms with Crippen LogP contribution in [0, 0.1) is 5.82 Å². The summed E-state index contributed by atoms with van der Waals surface area (Å²) in [5, 5.41) is 11.7. The van der Waals surface area contributed by atoms with Crippen LogP contribution in [0.4, 0.5) is 4.39 Å². The van der Waals surface area contributed by atoms with Crippen LogP contribution in [0.15, 0.2) is 12.1 Å². The minimum Gasteiger partial charge on any atom is -0.493 e. The quantitative estimate of drug-likeness (QED) is 0.803. The molecule has 1 aliphatic heterocycles. The van der Waals surface area contributed by atoms with E-state index in [4.69, 9.17) is 14.6 Å². The van der Waals surface area contributed by atoms with Gasteiger partial charge in [0.15, 0.2) is 17.8 Å². The maximum Gasteiger partial charge on any atom is 0.163 e. The number of aldehydes is 1. The minimum atomic E-state index is -0.618. The van der Waals surface area contributed by atoms with Crippen LogP contribution >= 0.6 is 0 Å². The molecule has 0 spiro atoms. The summed E-state index contributed by atoms with van der Waals surface area (Å²) in [6, 6.07) is 2.41. The average Bonchev–Trinajstić information content (AvgIpc) is 2.90. The molecule has 5 nitrogen and oxygen atoms in total. The van der Waals surface area contributed by atoms with Gasteiger partial charge in [0.2, 0.25) is 0 Å². The Balaban J connectivity index is 0.000000250. The van der Waals surface area contributed by atoms with Crippen LogP contribution in [0.2, 0.25) is 0 Å². The van der Waals surface area contributed by atoms with Crippen molar-refractivity contribution in [2.75, 3.05) is 27.3 Å². The van der Waals surface area contributed by atoms with E-state index in [0.29, 0.717) is 12.0 Å². The van der Waals surface area contributed by atoms with E-state index >= 15 is 0 Å². The molecule has 1 aliphatic rings. The van der Waals surface area contributed by atoms with Gasteiger partial charge in [0, 0.05) is 12.6 Å². The van der Waals surface area contributed by atoms with Crippen molar-refractivity contribution in [3.63, 3.8) is 0 Å². The number of ether oxygens (including phenoxy) is 2. The molecule has 0 aliphatic carbocycles. The second-order valence-corrected chi connectivity index (χ2v) is 3.99. The summed E-state index contributed by atoms with van der Waals surface area (Å²) in [4.78, 5) is 10.4. The van der Waals surface area contributed by atoms with Gasteiger partial charge in [-0.15, -0.1) is 0 Å². The molecule has 6 heteroatoms. The Morgan fingerprint density at radius 1 is 1.37 bits per heavy atom. The van der Waals surface area contributed by atoms with Gasteiger partial charge in [0.25, 0.3) is 0 Å². The molecular formula is C13H18FNO4. The highest BCUT2D eigenvalue weighted by Gasteiger charge is 2.09. The molecule has 1 aromatic carbocycles. The molecule has 0 aromatic heterocycles. The van der Waals surface area contributed by atoms with Gasteiger partial charge < -0.3 is 19.9 Å². The maximum atomic E-state index is 13.0. The van der Waals surface area contributed by atoms with Crippen LogP contribution in [0.3, 0.4) is 0 Å². The van der Waals surface area contributed by atoms with Gasteiger partial charge in [-0.25, -0.2) is 4.39 Å². The summed E-state index contributed by atoms with van der Waals surface area (Å²) in [6.45, 7) is 1.78. The van der Waals surface area contributed by atoms with E-state index in [2.05, 4.69) is 5.32 Å². The van der Waals surface area contributed by atoms with Gasteiger partial charge in [-0.3, -0.25) is 4.79 Å². The summed E-state index contributed by atoms with van der Waals surface area (Å²) in [6.07, 6.45) is 1.29. The first-order valence-corrected chi connectivity index (χ1v) is 5.87. The highest BCUT2D eigenvalue weighted by molar-refractivity contribution is 5.76. The zero-order chi connectivity index (χ0) is 14.3. The summed E-state index contributed by atoms with van der Waals surface area (Å²) in [5.41, 5.74) is -0.0438. The minimum absolute atomic E-state index is 0.0438. The number of benzene rings is 1. The number of halogens is 1. The molecule has 0 radical (unpaired) electrons. The lowest BCUT2D eigenvalue weighted by atomic mass is 10.2. The lowest BCUT2D eigenvalue weighted by molar-refractivity contribution is 0.111. The van der Waals surface area contributed by atoms with E-state index in [-0.39, 0.29) is 17.4 Å². The maximum absolute atomic E-state index is 13.0. The van der Waals surface area contributed by atoms with E-state index in [1.165, 1.54) is 20.3 Å². The molecule has 1 aromatic rings. The van der Waals surface area contributed by atoms with Crippen molar-refractivity contribution in [2.45, 2.75) is 12.5 Å². The number of methoxy groups -OCH3 is 2. The third-order valence-electron chi connectivity index (χ3n) is 2.66. The van der Waals surface area contributed by atoms with Crippen molar-refractivity contribution >= 4 is 6.29 Å². The van der Waals surface area contributed by atoms with Gasteiger partial charge in [-0.2, -0.15) is 0 Å². The van der Waals surface area contributed by atoms with Crippen molar-refractivity contribution in [3.05, 3.63) is 23.5 Å². The van der Waals surface area contributed by atoms with Crippen LogP contribution in [0.5, 0.6) is 11.5 Å². The number of hydrogen-bond donors (Lipinski definition) is 2. The van der Waals surface area contributed by atoms with E-state index in [0.717, 1.165) is 25.6 Å². The van der Waals surface area contributed by atoms with Crippen molar-refractivity contribution in [2.24, 2.45) is 0 Å². The molecule has 0 saturated carbocycles. The molecule has 1 heterocycles. The van der Waals surface area contributed by atoms with Crippen LogP contribution < -0.4 is 14.8 Å². The zero-order valence-corrected chi connectivity index (χ0v) is 11.0. The number of aliphatic hydroxyl groups excluding tert-OH is 1. The van der Waals surface area contributed by atoms with E-state index < -0.39 is 5.82 Å². The Hall–Kier alpha value is -1.66. The highest BCUT2D eigenvalue weighted by Crippen LogP contribution is 2.28. The predicted octanol–water partition coefficient (Wildman–Crippen LogP) is 0.996. The molecule has 1 fully saturated rings. The Morgan fingerprint density at radius 3 is 2.37 bits per heavy atom. The lowest BCUT2D eigenvalue weighted by Crippen LogP contribution is -2.11. The molecule has 0 bridgehead atoms. The largest absolute Gasteiger partial charge is 0.493 e. The van der Waals surface area contributed by atoms with Crippen molar-refractivity contribution in [1.29, 1.82) is 0 Å². The number of hydrogen-bond acceptors (Lipinski definition) is 5. The molecule has 1 unspecified atom stereocenters. The van der Waals surface area contributed by atoms with Crippen molar-refractivity contribution in [3.8, 4) is 11.5 Å². The third-order valence-corrected chi connectivity index (χ3v) is 2.66. The van der Waals surface area contributed by atoms with Crippen molar-refractivity contribution in [1.82, 2.24) is 5.32 Å². The molecule has 0 amide bonds. The molecule has 2 rings (SSSR count). The molecule has 106 valence electrons. The fourth-order valence-corrected chi connectivity index (χ4v) is 1.60. The number of carbonyl (C=O) groups is 1. The second kappa shape index (κ2) is 7.70. The first-order chi connectivity index (χ1) is 9.12. The Labute approximate surface area is 111 Å². The Kier molecular flexibility index (Phi) is 6.24.